The van der Waals surface area contributed by atoms with Crippen molar-refractivity contribution in [2.75, 3.05) is 11.9 Å². The molecule has 1 heterocycles. The van der Waals surface area contributed by atoms with Crippen LogP contribution >= 0.6 is 0 Å². The quantitative estimate of drug-likeness (QED) is 0.734. The summed E-state index contributed by atoms with van der Waals surface area (Å²) in [7, 11) is 0. The average molecular weight is 250 g/mol. The zero-order valence-corrected chi connectivity index (χ0v) is 10.4. The van der Waals surface area contributed by atoms with Crippen LogP contribution in [0.4, 0.5) is 10.5 Å². The Hall–Kier alpha value is -1.69. The van der Waals surface area contributed by atoms with Crippen molar-refractivity contribution in [2.24, 2.45) is 0 Å². The molecule has 98 valence electrons. The van der Waals surface area contributed by atoms with E-state index < -0.39 is 0 Å². The highest BCUT2D eigenvalue weighted by Crippen LogP contribution is 2.37. The van der Waals surface area contributed by atoms with Gasteiger partial charge in [-0.2, -0.15) is 0 Å². The standard InChI is InChI=1S/C12H18N4O2/c1-2-9(7-17)15-12(18)16-10-5-13-11(14-6-10)8-3-4-8/h5-6,8-9,17H,2-4,7H2,1H3,(H2,15,16,18). The molecule has 0 radical (unpaired) electrons. The van der Waals surface area contributed by atoms with Crippen LogP contribution in [0.15, 0.2) is 12.4 Å². The van der Waals surface area contributed by atoms with Crippen molar-refractivity contribution in [3.8, 4) is 0 Å². The van der Waals surface area contributed by atoms with E-state index in [1.807, 2.05) is 6.92 Å². The van der Waals surface area contributed by atoms with Crippen molar-refractivity contribution in [3.63, 3.8) is 0 Å². The number of carbonyl (C=O) groups excluding carboxylic acids is 1. The average Bonchev–Trinajstić information content (AvgIpc) is 3.21. The predicted octanol–water partition coefficient (Wildman–Crippen LogP) is 1.25. The first-order valence-corrected chi connectivity index (χ1v) is 6.23. The molecule has 1 saturated carbocycles. The molecule has 2 amide bonds. The van der Waals surface area contributed by atoms with E-state index in [1.54, 1.807) is 12.4 Å². The third-order valence-corrected chi connectivity index (χ3v) is 2.92. The molecule has 6 nitrogen and oxygen atoms in total. The smallest absolute Gasteiger partial charge is 0.319 e. The van der Waals surface area contributed by atoms with E-state index in [-0.39, 0.29) is 18.7 Å². The molecular formula is C12H18N4O2. The Morgan fingerprint density at radius 2 is 2.17 bits per heavy atom. The minimum Gasteiger partial charge on any atom is -0.394 e. The Kier molecular flexibility index (Phi) is 4.09. The zero-order chi connectivity index (χ0) is 13.0. The third-order valence-electron chi connectivity index (χ3n) is 2.92. The first kappa shape index (κ1) is 12.8. The van der Waals surface area contributed by atoms with Crippen molar-refractivity contribution in [1.82, 2.24) is 15.3 Å². The van der Waals surface area contributed by atoms with Crippen molar-refractivity contribution in [1.29, 1.82) is 0 Å². The Morgan fingerprint density at radius 1 is 1.50 bits per heavy atom. The number of nitrogens with one attached hydrogen (secondary N) is 2. The number of aliphatic hydroxyl groups excluding tert-OH is 1. The number of aromatic nitrogens is 2. The molecule has 2 rings (SSSR count). The van der Waals surface area contributed by atoms with Crippen molar-refractivity contribution in [3.05, 3.63) is 18.2 Å². The lowest BCUT2D eigenvalue weighted by Gasteiger charge is -2.14. The van der Waals surface area contributed by atoms with E-state index in [0.29, 0.717) is 18.0 Å². The molecule has 0 bridgehead atoms. The van der Waals surface area contributed by atoms with Crippen LogP contribution in [0.1, 0.15) is 37.9 Å². The Labute approximate surface area is 106 Å². The summed E-state index contributed by atoms with van der Waals surface area (Å²) in [6.45, 7) is 1.83. The van der Waals surface area contributed by atoms with Crippen LogP contribution in [0.25, 0.3) is 0 Å². The fourth-order valence-electron chi connectivity index (χ4n) is 1.58. The maximum atomic E-state index is 11.6. The number of anilines is 1. The normalized spacial score (nSPS) is 16.1. The van der Waals surface area contributed by atoms with Gasteiger partial charge in [-0.3, -0.25) is 0 Å². The van der Waals surface area contributed by atoms with E-state index in [1.165, 1.54) is 0 Å². The molecule has 1 atom stereocenters. The van der Waals surface area contributed by atoms with Gasteiger partial charge in [-0.05, 0) is 19.3 Å². The lowest BCUT2D eigenvalue weighted by atomic mass is 10.2. The number of urea groups is 1. The van der Waals surface area contributed by atoms with Crippen LogP contribution in [0.5, 0.6) is 0 Å². The van der Waals surface area contributed by atoms with Gasteiger partial charge in [-0.1, -0.05) is 6.92 Å². The number of hydrogen-bond acceptors (Lipinski definition) is 4. The van der Waals surface area contributed by atoms with Gasteiger partial charge in [0.2, 0.25) is 0 Å². The van der Waals surface area contributed by atoms with Gasteiger partial charge in [0.05, 0.1) is 30.7 Å². The second-order valence-electron chi connectivity index (χ2n) is 4.49. The van der Waals surface area contributed by atoms with Gasteiger partial charge in [0.15, 0.2) is 0 Å². The first-order valence-electron chi connectivity index (χ1n) is 6.23. The molecule has 0 spiro atoms. The minimum absolute atomic E-state index is 0.0684. The van der Waals surface area contributed by atoms with Gasteiger partial charge in [0.1, 0.15) is 5.82 Å². The minimum atomic E-state index is -0.348. The van der Waals surface area contributed by atoms with Crippen LogP contribution in [0.2, 0.25) is 0 Å². The highest BCUT2D eigenvalue weighted by molar-refractivity contribution is 5.89. The largest absolute Gasteiger partial charge is 0.394 e. The maximum absolute atomic E-state index is 11.6. The number of nitrogens with zero attached hydrogens (tertiary/aromatic N) is 2. The third kappa shape index (κ3) is 3.40. The molecule has 1 aliphatic carbocycles. The molecule has 1 aliphatic rings. The summed E-state index contributed by atoms with van der Waals surface area (Å²) in [4.78, 5) is 20.0. The molecule has 1 unspecified atom stereocenters. The van der Waals surface area contributed by atoms with Crippen LogP contribution in [0.3, 0.4) is 0 Å². The lowest BCUT2D eigenvalue weighted by molar-refractivity contribution is 0.222. The van der Waals surface area contributed by atoms with Crippen molar-refractivity contribution in [2.45, 2.75) is 38.1 Å². The SMILES string of the molecule is CCC(CO)NC(=O)Nc1cnc(C2CC2)nc1. The molecule has 0 aromatic carbocycles. The van der Waals surface area contributed by atoms with Crippen LogP contribution in [-0.2, 0) is 0 Å². The summed E-state index contributed by atoms with van der Waals surface area (Å²) in [5.41, 5.74) is 0.560. The second kappa shape index (κ2) is 5.77. The van der Waals surface area contributed by atoms with E-state index in [9.17, 15) is 4.79 Å². The molecule has 1 aromatic rings. The molecule has 6 heteroatoms. The molecule has 0 saturated heterocycles. The van der Waals surface area contributed by atoms with Crippen LogP contribution < -0.4 is 10.6 Å². The Morgan fingerprint density at radius 3 is 2.67 bits per heavy atom. The highest BCUT2D eigenvalue weighted by Gasteiger charge is 2.26. The van der Waals surface area contributed by atoms with Crippen molar-refractivity contribution < 1.29 is 9.90 Å². The van der Waals surface area contributed by atoms with Gasteiger partial charge in [-0.15, -0.1) is 0 Å². The Bertz CT molecular complexity index is 399. The molecule has 18 heavy (non-hydrogen) atoms. The zero-order valence-electron chi connectivity index (χ0n) is 10.4. The maximum Gasteiger partial charge on any atom is 0.319 e. The van der Waals surface area contributed by atoms with Gasteiger partial charge in [-0.25, -0.2) is 14.8 Å². The first-order chi connectivity index (χ1) is 8.72. The monoisotopic (exact) mass is 250 g/mol. The summed E-state index contributed by atoms with van der Waals surface area (Å²) < 4.78 is 0. The summed E-state index contributed by atoms with van der Waals surface area (Å²) in [6.07, 6.45) is 6.21. The molecule has 1 fully saturated rings. The number of hydrogen-bond donors (Lipinski definition) is 3. The van der Waals surface area contributed by atoms with E-state index in [2.05, 4.69) is 20.6 Å². The van der Waals surface area contributed by atoms with Crippen LogP contribution in [0, 0.1) is 0 Å². The predicted molar refractivity (Wildman–Crippen MR) is 67.3 cm³/mol. The van der Waals surface area contributed by atoms with Gasteiger partial charge in [0, 0.05) is 5.92 Å². The fraction of sp³-hybridized carbons (Fsp3) is 0.583. The number of aliphatic hydroxyl groups is 1. The summed E-state index contributed by atoms with van der Waals surface area (Å²) in [5, 5.41) is 14.3. The molecule has 1 aromatic heterocycles. The highest BCUT2D eigenvalue weighted by atomic mass is 16.3. The van der Waals surface area contributed by atoms with Gasteiger partial charge < -0.3 is 15.7 Å². The topological polar surface area (TPSA) is 87.1 Å². The summed E-state index contributed by atoms with van der Waals surface area (Å²) in [6, 6.07) is -0.574. The number of rotatable bonds is 5. The van der Waals surface area contributed by atoms with E-state index >= 15 is 0 Å². The van der Waals surface area contributed by atoms with E-state index in [0.717, 1.165) is 18.7 Å². The molecule has 0 aliphatic heterocycles. The van der Waals surface area contributed by atoms with Gasteiger partial charge >= 0.3 is 6.03 Å². The lowest BCUT2D eigenvalue weighted by Crippen LogP contribution is -2.39. The Balaban J connectivity index is 1.86. The summed E-state index contributed by atoms with van der Waals surface area (Å²) in [5.74, 6) is 1.36. The van der Waals surface area contributed by atoms with Crippen LogP contribution in [-0.4, -0.2) is 33.8 Å². The second-order valence-corrected chi connectivity index (χ2v) is 4.49. The number of carbonyl (C=O) groups is 1. The number of amides is 2. The summed E-state index contributed by atoms with van der Waals surface area (Å²) >= 11 is 0. The molecule has 3 N–H and O–H groups in total. The van der Waals surface area contributed by atoms with Gasteiger partial charge in [0.25, 0.3) is 0 Å². The van der Waals surface area contributed by atoms with E-state index in [4.69, 9.17) is 5.11 Å². The van der Waals surface area contributed by atoms with Crippen molar-refractivity contribution >= 4 is 11.7 Å². The molecular weight excluding hydrogens is 232 g/mol. The fourth-order valence-corrected chi connectivity index (χ4v) is 1.58.